The highest BCUT2D eigenvalue weighted by atomic mass is 32.2. The lowest BCUT2D eigenvalue weighted by molar-refractivity contribution is -0.137. The van der Waals surface area contributed by atoms with Crippen molar-refractivity contribution in [1.82, 2.24) is 3.97 Å². The second-order valence-electron chi connectivity index (χ2n) is 9.70. The molecule has 11 heteroatoms. The van der Waals surface area contributed by atoms with E-state index in [0.717, 1.165) is 39.1 Å². The Labute approximate surface area is 215 Å². The SMILES string of the molecule is Cc1c(C(O)c2ccc(C(=O)O)s2)n(S(=O)(=O)c2cccc(C(C)(C)C)c2)c2ccc(C(F)(F)F)cc12. The molecule has 2 aromatic heterocycles. The second-order valence-corrected chi connectivity index (χ2v) is 12.6. The number of hydrogen-bond donors (Lipinski definition) is 2. The number of aryl methyl sites for hydroxylation is 1. The van der Waals surface area contributed by atoms with E-state index >= 15 is 0 Å². The van der Waals surface area contributed by atoms with Gasteiger partial charge < -0.3 is 10.2 Å². The Kier molecular flexibility index (Phi) is 6.54. The number of carboxylic acid groups (broad SMARTS) is 1. The number of carboxylic acids is 1. The number of aliphatic hydroxyl groups excluding tert-OH is 1. The van der Waals surface area contributed by atoms with Crippen LogP contribution in [0.3, 0.4) is 0 Å². The highest BCUT2D eigenvalue weighted by Gasteiger charge is 2.35. The highest BCUT2D eigenvalue weighted by Crippen LogP contribution is 2.40. The van der Waals surface area contributed by atoms with Crippen LogP contribution in [0.1, 0.15) is 63.8 Å². The Bertz CT molecular complexity index is 1630. The average Bonchev–Trinajstić information content (AvgIpc) is 3.41. The number of rotatable bonds is 5. The van der Waals surface area contributed by atoms with E-state index in [4.69, 9.17) is 0 Å². The Morgan fingerprint density at radius 3 is 2.24 bits per heavy atom. The van der Waals surface area contributed by atoms with Crippen LogP contribution in [0.5, 0.6) is 0 Å². The van der Waals surface area contributed by atoms with E-state index in [0.29, 0.717) is 0 Å². The van der Waals surface area contributed by atoms with Gasteiger partial charge in [0.25, 0.3) is 10.0 Å². The number of halogens is 3. The molecule has 0 bridgehead atoms. The van der Waals surface area contributed by atoms with Gasteiger partial charge in [-0.05, 0) is 65.9 Å². The lowest BCUT2D eigenvalue weighted by atomic mass is 9.87. The molecular formula is C26H24F3NO5S2. The Morgan fingerprint density at radius 2 is 1.68 bits per heavy atom. The molecule has 0 aliphatic carbocycles. The van der Waals surface area contributed by atoms with Crippen LogP contribution in [0.2, 0.25) is 0 Å². The van der Waals surface area contributed by atoms with E-state index in [1.165, 1.54) is 31.2 Å². The number of benzene rings is 2. The first kappa shape index (κ1) is 26.9. The van der Waals surface area contributed by atoms with Gasteiger partial charge in [-0.1, -0.05) is 32.9 Å². The van der Waals surface area contributed by atoms with Gasteiger partial charge in [0.15, 0.2) is 0 Å². The third-order valence-corrected chi connectivity index (χ3v) is 9.00. The summed E-state index contributed by atoms with van der Waals surface area (Å²) in [4.78, 5) is 11.3. The highest BCUT2D eigenvalue weighted by molar-refractivity contribution is 7.90. The van der Waals surface area contributed by atoms with Crippen molar-refractivity contribution < 1.29 is 36.6 Å². The predicted octanol–water partition coefficient (Wildman–Crippen LogP) is 6.34. The lowest BCUT2D eigenvalue weighted by Gasteiger charge is -2.21. The van der Waals surface area contributed by atoms with Crippen LogP contribution in [0, 0.1) is 6.92 Å². The summed E-state index contributed by atoms with van der Waals surface area (Å²) >= 11 is 0.753. The fourth-order valence-electron chi connectivity index (χ4n) is 4.16. The minimum atomic E-state index is -4.66. The van der Waals surface area contributed by atoms with E-state index in [-0.39, 0.29) is 42.2 Å². The Balaban J connectivity index is 2.04. The zero-order chi connectivity index (χ0) is 27.5. The van der Waals surface area contributed by atoms with Crippen molar-refractivity contribution >= 4 is 38.2 Å². The fraction of sp³-hybridized carbons (Fsp3) is 0.269. The smallest absolute Gasteiger partial charge is 0.416 e. The van der Waals surface area contributed by atoms with Crippen LogP contribution in [0.25, 0.3) is 10.9 Å². The maximum atomic E-state index is 14.0. The first-order valence-electron chi connectivity index (χ1n) is 11.1. The number of aliphatic hydroxyl groups is 1. The van der Waals surface area contributed by atoms with Crippen molar-refractivity contribution in [2.45, 2.75) is 50.3 Å². The van der Waals surface area contributed by atoms with Crippen molar-refractivity contribution in [2.75, 3.05) is 0 Å². The average molecular weight is 552 g/mol. The van der Waals surface area contributed by atoms with Crippen LogP contribution >= 0.6 is 11.3 Å². The summed E-state index contributed by atoms with van der Waals surface area (Å²) in [6, 6.07) is 11.6. The van der Waals surface area contributed by atoms with Crippen LogP contribution in [-0.2, 0) is 21.6 Å². The molecule has 4 rings (SSSR count). The third kappa shape index (κ3) is 4.78. The molecule has 0 radical (unpaired) electrons. The van der Waals surface area contributed by atoms with Crippen molar-refractivity contribution in [3.05, 3.63) is 86.7 Å². The molecule has 6 nitrogen and oxygen atoms in total. The first-order valence-corrected chi connectivity index (χ1v) is 13.4. The molecule has 1 unspecified atom stereocenters. The van der Waals surface area contributed by atoms with Crippen LogP contribution in [-0.4, -0.2) is 28.6 Å². The van der Waals surface area contributed by atoms with Crippen molar-refractivity contribution in [1.29, 1.82) is 0 Å². The lowest BCUT2D eigenvalue weighted by Crippen LogP contribution is -2.20. The number of aromatic nitrogens is 1. The largest absolute Gasteiger partial charge is 0.477 e. The summed E-state index contributed by atoms with van der Waals surface area (Å²) in [5.41, 5.74) is -0.668. The van der Waals surface area contributed by atoms with E-state index < -0.39 is 33.8 Å². The Morgan fingerprint density at radius 1 is 1.00 bits per heavy atom. The normalized spacial score (nSPS) is 13.7. The van der Waals surface area contributed by atoms with E-state index in [1.54, 1.807) is 12.1 Å². The number of fused-ring (bicyclic) bond motifs is 1. The van der Waals surface area contributed by atoms with Crippen LogP contribution in [0.15, 0.2) is 59.5 Å². The standard InChI is InChI=1S/C26H24F3NO5S2/c1-14-18-13-16(26(27,28)29)8-9-19(18)30(22(14)23(31)20-10-11-21(36-20)24(32)33)37(34,35)17-7-5-6-15(12-17)25(2,3)4/h5-13,23,31H,1-4H3,(H,32,33). The van der Waals surface area contributed by atoms with Crippen molar-refractivity contribution in [3.8, 4) is 0 Å². The van der Waals surface area contributed by atoms with Gasteiger partial charge in [0, 0.05) is 10.3 Å². The third-order valence-electron chi connectivity index (χ3n) is 6.15. The summed E-state index contributed by atoms with van der Waals surface area (Å²) in [6.45, 7) is 7.18. The van der Waals surface area contributed by atoms with Gasteiger partial charge in [-0.15, -0.1) is 11.3 Å². The van der Waals surface area contributed by atoms with Crippen LogP contribution < -0.4 is 0 Å². The molecule has 0 fully saturated rings. The van der Waals surface area contributed by atoms with Gasteiger partial charge in [-0.25, -0.2) is 17.2 Å². The number of nitrogens with zero attached hydrogens (tertiary/aromatic N) is 1. The summed E-state index contributed by atoms with van der Waals surface area (Å²) in [5.74, 6) is -1.22. The molecule has 196 valence electrons. The van der Waals surface area contributed by atoms with Gasteiger partial charge in [-0.2, -0.15) is 13.2 Å². The zero-order valence-corrected chi connectivity index (χ0v) is 21.9. The van der Waals surface area contributed by atoms with E-state index in [9.17, 15) is 36.6 Å². The summed E-state index contributed by atoms with van der Waals surface area (Å²) in [6.07, 6.45) is -6.27. The second kappa shape index (κ2) is 9.00. The minimum absolute atomic E-state index is 0.00874. The van der Waals surface area contributed by atoms with Gasteiger partial charge in [-0.3, -0.25) is 0 Å². The number of alkyl halides is 3. The van der Waals surface area contributed by atoms with Crippen LogP contribution in [0.4, 0.5) is 13.2 Å². The molecule has 0 saturated heterocycles. The number of aromatic carboxylic acids is 1. The monoisotopic (exact) mass is 551 g/mol. The Hall–Kier alpha value is -3.15. The molecule has 2 heterocycles. The van der Waals surface area contributed by atoms with E-state index in [1.807, 2.05) is 20.8 Å². The van der Waals surface area contributed by atoms with E-state index in [2.05, 4.69) is 0 Å². The molecule has 37 heavy (non-hydrogen) atoms. The van der Waals surface area contributed by atoms with Gasteiger partial charge >= 0.3 is 12.1 Å². The van der Waals surface area contributed by atoms with Gasteiger partial charge in [0.05, 0.1) is 21.7 Å². The molecule has 0 amide bonds. The number of hydrogen-bond acceptors (Lipinski definition) is 5. The van der Waals surface area contributed by atoms with Crippen molar-refractivity contribution in [3.63, 3.8) is 0 Å². The maximum Gasteiger partial charge on any atom is 0.416 e. The predicted molar refractivity (Wildman–Crippen MR) is 135 cm³/mol. The molecule has 1 atom stereocenters. The molecule has 0 saturated carbocycles. The van der Waals surface area contributed by atoms with Gasteiger partial charge in [0.2, 0.25) is 0 Å². The minimum Gasteiger partial charge on any atom is -0.477 e. The summed E-state index contributed by atoms with van der Waals surface area (Å²) in [5, 5.41) is 20.6. The maximum absolute atomic E-state index is 14.0. The molecule has 2 aromatic carbocycles. The molecule has 4 aromatic rings. The zero-order valence-electron chi connectivity index (χ0n) is 20.3. The van der Waals surface area contributed by atoms with Crippen molar-refractivity contribution in [2.24, 2.45) is 0 Å². The van der Waals surface area contributed by atoms with Gasteiger partial charge in [0.1, 0.15) is 11.0 Å². The number of thiophene rings is 1. The topological polar surface area (TPSA) is 96.6 Å². The molecular weight excluding hydrogens is 527 g/mol. The first-order chi connectivity index (χ1) is 17.0. The fourth-order valence-corrected chi connectivity index (χ4v) is 6.65. The molecule has 0 aliphatic rings. The molecule has 0 spiro atoms. The number of carbonyl (C=O) groups is 1. The molecule has 2 N–H and O–H groups in total. The summed E-state index contributed by atoms with van der Waals surface area (Å²) < 4.78 is 69.4. The quantitative estimate of drug-likeness (QED) is 0.302. The molecule has 0 aliphatic heterocycles. The summed E-state index contributed by atoms with van der Waals surface area (Å²) in [7, 11) is -4.41.